The molecule has 1 N–H and O–H groups in total. The number of thiazole rings is 1. The Morgan fingerprint density at radius 1 is 1.14 bits per heavy atom. The van der Waals surface area contributed by atoms with Crippen molar-refractivity contribution in [3.63, 3.8) is 0 Å². The van der Waals surface area contributed by atoms with Crippen LogP contribution in [0.1, 0.15) is 71.7 Å². The zero-order chi connectivity index (χ0) is 29.2. The molecule has 4 aromatic rings. The molecule has 42 heavy (non-hydrogen) atoms. The Morgan fingerprint density at radius 3 is 2.57 bits per heavy atom. The molecular weight excluding hydrogens is 571 g/mol. The molecule has 1 aliphatic carbocycles. The van der Waals surface area contributed by atoms with Gasteiger partial charge in [-0.3, -0.25) is 0 Å². The number of fused-ring (bicyclic) bond motifs is 3. The number of rotatable bonds is 8. The van der Waals surface area contributed by atoms with Crippen molar-refractivity contribution in [2.75, 3.05) is 4.90 Å². The average molecular weight is 600 g/mol. The van der Waals surface area contributed by atoms with Gasteiger partial charge in [-0.05, 0) is 75.3 Å². The van der Waals surface area contributed by atoms with Gasteiger partial charge in [0.05, 0.1) is 28.5 Å². The number of nitrogens with zero attached hydrogens (tertiary/aromatic N) is 3. The Hall–Kier alpha value is -3.64. The van der Waals surface area contributed by atoms with Crippen molar-refractivity contribution in [3.8, 4) is 17.0 Å². The van der Waals surface area contributed by atoms with E-state index in [0.29, 0.717) is 17.0 Å². The molecule has 2 unspecified atom stereocenters. The predicted octanol–water partition coefficient (Wildman–Crippen LogP) is 7.45. The Bertz CT molecular complexity index is 1650. The number of para-hydroxylation sites is 1. The van der Waals surface area contributed by atoms with Crippen LogP contribution < -0.4 is 9.64 Å². The normalized spacial score (nSPS) is 22.2. The van der Waals surface area contributed by atoms with Crippen molar-refractivity contribution < 1.29 is 37.1 Å². The number of benzene rings is 2. The molecule has 12 heteroatoms. The molecule has 0 radical (unpaired) electrons. The Morgan fingerprint density at radius 2 is 1.88 bits per heavy atom. The Balaban J connectivity index is 1.10. The molecule has 4 heterocycles. The summed E-state index contributed by atoms with van der Waals surface area (Å²) in [7, 11) is 0. The van der Waals surface area contributed by atoms with E-state index < -0.39 is 12.3 Å². The SMILES string of the molecule is Cc1cc(C(=O)O)cc2sc(N3C4CC[C@H]3CC(OCc3c(-c5ccccc5OC(F)(F)F)noc3C3CC3)C4)nc12. The first-order valence-electron chi connectivity index (χ1n) is 14.0. The van der Waals surface area contributed by atoms with E-state index in [1.165, 1.54) is 23.5 Å². The summed E-state index contributed by atoms with van der Waals surface area (Å²) in [5, 5.41) is 14.5. The average Bonchev–Trinajstić information content (AvgIpc) is 3.45. The quantitative estimate of drug-likeness (QED) is 0.223. The molecule has 1 saturated carbocycles. The number of ether oxygens (including phenoxy) is 2. The van der Waals surface area contributed by atoms with Crippen LogP contribution >= 0.6 is 11.3 Å². The lowest BCUT2D eigenvalue weighted by Crippen LogP contribution is -2.45. The first kappa shape index (κ1) is 27.2. The molecule has 2 aromatic carbocycles. The standard InChI is InChI=1S/C30H28F3N3O5S/c1-15-10-17(28(37)38)11-24-25(15)34-29(42-24)36-18-8-9-19(36)13-20(12-18)39-14-22-26(35-41-27(22)16-6-7-16)21-4-2-3-5-23(21)40-30(31,32)33/h2-5,10-11,16,18-20H,6-9,12-14H2,1H3,(H,37,38)/t18-,19?,20?/m0/s1. The fourth-order valence-electron chi connectivity index (χ4n) is 6.41. The number of hydrogen-bond donors (Lipinski definition) is 1. The fourth-order valence-corrected chi connectivity index (χ4v) is 7.64. The zero-order valence-electron chi connectivity index (χ0n) is 22.7. The predicted molar refractivity (Wildman–Crippen MR) is 149 cm³/mol. The third-order valence-corrected chi connectivity index (χ3v) is 9.45. The number of aromatic carboxylic acids is 1. The van der Waals surface area contributed by atoms with Crippen LogP contribution in [-0.4, -0.2) is 45.8 Å². The number of carbonyl (C=O) groups is 1. The van der Waals surface area contributed by atoms with Crippen LogP contribution in [0.25, 0.3) is 21.5 Å². The lowest BCUT2D eigenvalue weighted by molar-refractivity contribution is -0.274. The molecule has 8 nitrogen and oxygen atoms in total. The highest BCUT2D eigenvalue weighted by Crippen LogP contribution is 2.47. The van der Waals surface area contributed by atoms with Crippen LogP contribution in [0, 0.1) is 6.92 Å². The second-order valence-electron chi connectivity index (χ2n) is 11.3. The smallest absolute Gasteiger partial charge is 0.478 e. The number of alkyl halides is 3. The first-order valence-corrected chi connectivity index (χ1v) is 14.8. The molecule has 7 rings (SSSR count). The molecule has 2 saturated heterocycles. The maximum atomic E-state index is 13.1. The van der Waals surface area contributed by atoms with Crippen LogP contribution in [0.2, 0.25) is 0 Å². The third kappa shape index (κ3) is 5.11. The summed E-state index contributed by atoms with van der Waals surface area (Å²) in [6.07, 6.45) is 0.620. The maximum Gasteiger partial charge on any atom is 0.573 e. The number of piperidine rings is 1. The molecule has 0 spiro atoms. The van der Waals surface area contributed by atoms with Crippen LogP contribution in [0.4, 0.5) is 18.3 Å². The van der Waals surface area contributed by atoms with Gasteiger partial charge in [0.25, 0.3) is 0 Å². The Kier molecular flexibility index (Phi) is 6.65. The largest absolute Gasteiger partial charge is 0.573 e. The van der Waals surface area contributed by atoms with Gasteiger partial charge < -0.3 is 24.0 Å². The van der Waals surface area contributed by atoms with Gasteiger partial charge in [-0.2, -0.15) is 0 Å². The Labute approximate surface area is 243 Å². The molecule has 220 valence electrons. The van der Waals surface area contributed by atoms with Gasteiger partial charge in [-0.15, -0.1) is 13.2 Å². The van der Waals surface area contributed by atoms with Gasteiger partial charge in [-0.25, -0.2) is 9.78 Å². The van der Waals surface area contributed by atoms with E-state index in [1.807, 2.05) is 6.92 Å². The summed E-state index contributed by atoms with van der Waals surface area (Å²) in [6, 6.07) is 9.78. The van der Waals surface area contributed by atoms with Gasteiger partial charge in [0, 0.05) is 29.1 Å². The topological polar surface area (TPSA) is 97.9 Å². The minimum absolute atomic E-state index is 0.0371. The molecule has 3 aliphatic rings. The van der Waals surface area contributed by atoms with E-state index in [4.69, 9.17) is 14.2 Å². The molecule has 2 aliphatic heterocycles. The van der Waals surface area contributed by atoms with Crippen LogP contribution in [-0.2, 0) is 11.3 Å². The van der Waals surface area contributed by atoms with Gasteiger partial charge in [0.15, 0.2) is 5.13 Å². The van der Waals surface area contributed by atoms with Crippen molar-refractivity contribution in [3.05, 3.63) is 58.8 Å². The summed E-state index contributed by atoms with van der Waals surface area (Å²) >= 11 is 1.52. The van der Waals surface area contributed by atoms with Gasteiger partial charge >= 0.3 is 12.3 Å². The summed E-state index contributed by atoms with van der Waals surface area (Å²) in [5.41, 5.74) is 3.16. The van der Waals surface area contributed by atoms with Gasteiger partial charge in [0.1, 0.15) is 17.2 Å². The second kappa shape index (κ2) is 10.3. The van der Waals surface area contributed by atoms with Gasteiger partial charge in [-0.1, -0.05) is 28.6 Å². The second-order valence-corrected chi connectivity index (χ2v) is 12.3. The van der Waals surface area contributed by atoms with Crippen LogP contribution in [0.5, 0.6) is 5.75 Å². The van der Waals surface area contributed by atoms with Gasteiger partial charge in [0.2, 0.25) is 0 Å². The molecular formula is C30H28F3N3O5S. The maximum absolute atomic E-state index is 13.1. The van der Waals surface area contributed by atoms with E-state index in [9.17, 15) is 23.1 Å². The minimum Gasteiger partial charge on any atom is -0.478 e. The molecule has 2 bridgehead atoms. The van der Waals surface area contributed by atoms with Crippen LogP contribution in [0.15, 0.2) is 40.9 Å². The molecule has 2 aromatic heterocycles. The monoisotopic (exact) mass is 599 g/mol. The summed E-state index contributed by atoms with van der Waals surface area (Å²) in [6.45, 7) is 2.07. The van der Waals surface area contributed by atoms with E-state index >= 15 is 0 Å². The highest BCUT2D eigenvalue weighted by Gasteiger charge is 2.43. The van der Waals surface area contributed by atoms with Crippen LogP contribution in [0.3, 0.4) is 0 Å². The third-order valence-electron chi connectivity index (χ3n) is 8.43. The summed E-state index contributed by atoms with van der Waals surface area (Å²) < 4.78 is 56.6. The molecule has 0 amide bonds. The number of halogens is 3. The highest BCUT2D eigenvalue weighted by atomic mass is 32.1. The minimum atomic E-state index is -4.83. The number of aromatic nitrogens is 2. The van der Waals surface area contributed by atoms with E-state index in [1.54, 1.807) is 24.3 Å². The first-order chi connectivity index (χ1) is 20.1. The van der Waals surface area contributed by atoms with Crippen molar-refractivity contribution in [1.82, 2.24) is 10.1 Å². The zero-order valence-corrected chi connectivity index (χ0v) is 23.5. The lowest BCUT2D eigenvalue weighted by Gasteiger charge is -2.38. The fraction of sp³-hybridized carbons (Fsp3) is 0.433. The number of anilines is 1. The molecule has 3 fully saturated rings. The van der Waals surface area contributed by atoms with E-state index in [-0.39, 0.29) is 47.6 Å². The van der Waals surface area contributed by atoms with Crippen molar-refractivity contribution in [1.29, 1.82) is 0 Å². The summed E-state index contributed by atoms with van der Waals surface area (Å²) in [5.74, 6) is -0.402. The summed E-state index contributed by atoms with van der Waals surface area (Å²) in [4.78, 5) is 18.8. The van der Waals surface area contributed by atoms with Crippen molar-refractivity contribution in [2.24, 2.45) is 0 Å². The van der Waals surface area contributed by atoms with Crippen molar-refractivity contribution in [2.45, 2.75) is 82.5 Å². The number of aryl methyl sites for hydroxylation is 1. The van der Waals surface area contributed by atoms with E-state index in [0.717, 1.165) is 59.4 Å². The number of carboxylic acid groups (broad SMARTS) is 1. The lowest BCUT2D eigenvalue weighted by atomic mass is 10.00. The van der Waals surface area contributed by atoms with E-state index in [2.05, 4.69) is 14.8 Å². The highest BCUT2D eigenvalue weighted by molar-refractivity contribution is 7.22. The number of hydrogen-bond acceptors (Lipinski definition) is 8. The molecule has 3 atom stereocenters. The van der Waals surface area contributed by atoms with Crippen molar-refractivity contribution >= 4 is 32.7 Å². The number of carboxylic acids is 1.